The first-order chi connectivity index (χ1) is 11.0. The highest BCUT2D eigenvalue weighted by atomic mass is 16.5. The average Bonchev–Trinajstić information content (AvgIpc) is 2.54. The van der Waals surface area contributed by atoms with Gasteiger partial charge in [-0.15, -0.1) is 0 Å². The molecular weight excluding hydrogens is 294 g/mol. The molecule has 1 aromatic carbocycles. The van der Waals surface area contributed by atoms with Gasteiger partial charge in [-0.2, -0.15) is 0 Å². The summed E-state index contributed by atoms with van der Waals surface area (Å²) in [5.41, 5.74) is 1.98. The Bertz CT molecular complexity index is 714. The van der Waals surface area contributed by atoms with Gasteiger partial charge in [0.25, 0.3) is 5.91 Å². The van der Waals surface area contributed by atoms with Crippen LogP contribution in [0, 0.1) is 0 Å². The van der Waals surface area contributed by atoms with E-state index in [1.165, 1.54) is 7.11 Å². The summed E-state index contributed by atoms with van der Waals surface area (Å²) in [4.78, 5) is 27.9. The van der Waals surface area contributed by atoms with E-state index in [2.05, 4.69) is 15.6 Å². The van der Waals surface area contributed by atoms with E-state index in [9.17, 15) is 9.59 Å². The second-order valence-electron chi connectivity index (χ2n) is 5.22. The maximum absolute atomic E-state index is 12.0. The van der Waals surface area contributed by atoms with Crippen LogP contribution < -0.4 is 10.6 Å². The molecule has 1 aromatic heterocycles. The Hall–Kier alpha value is -2.89. The number of hydrogen-bond acceptors (Lipinski definition) is 5. The number of methoxy groups -OCH3 is 1. The van der Waals surface area contributed by atoms with Crippen LogP contribution in [0.25, 0.3) is 0 Å². The highest BCUT2D eigenvalue weighted by Gasteiger charge is 2.13. The van der Waals surface area contributed by atoms with E-state index in [4.69, 9.17) is 4.74 Å². The van der Waals surface area contributed by atoms with Crippen molar-refractivity contribution in [3.05, 3.63) is 53.9 Å². The Kier molecular flexibility index (Phi) is 5.30. The normalized spacial score (nSPS) is 10.3. The van der Waals surface area contributed by atoms with Crippen molar-refractivity contribution in [2.24, 2.45) is 0 Å². The van der Waals surface area contributed by atoms with Crippen molar-refractivity contribution in [1.29, 1.82) is 0 Å². The van der Waals surface area contributed by atoms with Crippen LogP contribution in [0.5, 0.6) is 0 Å². The number of carbonyl (C=O) groups is 2. The lowest BCUT2D eigenvalue weighted by Crippen LogP contribution is -2.30. The monoisotopic (exact) mass is 313 g/mol. The summed E-state index contributed by atoms with van der Waals surface area (Å²) < 4.78 is 4.76. The van der Waals surface area contributed by atoms with Crippen molar-refractivity contribution in [3.8, 4) is 0 Å². The van der Waals surface area contributed by atoms with Gasteiger partial charge in [-0.3, -0.25) is 9.78 Å². The van der Waals surface area contributed by atoms with Gasteiger partial charge in [0, 0.05) is 17.9 Å². The first-order valence-electron chi connectivity index (χ1n) is 7.22. The van der Waals surface area contributed by atoms with Crippen LogP contribution in [0.3, 0.4) is 0 Å². The largest absolute Gasteiger partial charge is 0.465 e. The van der Waals surface area contributed by atoms with Gasteiger partial charge in [0.1, 0.15) is 5.69 Å². The van der Waals surface area contributed by atoms with E-state index in [0.717, 1.165) is 0 Å². The number of amides is 1. The molecule has 0 radical (unpaired) electrons. The number of nitrogens with zero attached hydrogens (tertiary/aromatic N) is 1. The Morgan fingerprint density at radius 2 is 1.91 bits per heavy atom. The summed E-state index contributed by atoms with van der Waals surface area (Å²) in [5.74, 6) is -0.676. The van der Waals surface area contributed by atoms with Gasteiger partial charge in [0.15, 0.2) is 0 Å². The summed E-state index contributed by atoms with van der Waals surface area (Å²) in [7, 11) is 1.33. The number of para-hydroxylation sites is 1. The molecule has 120 valence electrons. The van der Waals surface area contributed by atoms with Crippen molar-refractivity contribution in [2.75, 3.05) is 12.4 Å². The number of ether oxygens (including phenoxy) is 1. The molecule has 0 aliphatic carbocycles. The second-order valence-corrected chi connectivity index (χ2v) is 5.22. The number of aromatic nitrogens is 1. The van der Waals surface area contributed by atoms with Gasteiger partial charge >= 0.3 is 5.97 Å². The fourth-order valence-corrected chi connectivity index (χ4v) is 2.00. The minimum Gasteiger partial charge on any atom is -0.465 e. The van der Waals surface area contributed by atoms with E-state index in [-0.39, 0.29) is 11.9 Å². The van der Waals surface area contributed by atoms with Crippen LogP contribution in [0.1, 0.15) is 34.7 Å². The van der Waals surface area contributed by atoms with Crippen LogP contribution in [-0.2, 0) is 4.74 Å². The van der Waals surface area contributed by atoms with Crippen LogP contribution in [0.15, 0.2) is 42.6 Å². The molecule has 0 saturated carbocycles. The fourth-order valence-electron chi connectivity index (χ4n) is 2.00. The van der Waals surface area contributed by atoms with Crippen molar-refractivity contribution in [3.63, 3.8) is 0 Å². The molecule has 2 aromatic rings. The number of carbonyl (C=O) groups excluding carboxylic acids is 2. The SMILES string of the molecule is COC(=O)c1ccccc1Nc1ccnc(C(=O)NC(C)C)c1. The Morgan fingerprint density at radius 3 is 2.61 bits per heavy atom. The van der Waals surface area contributed by atoms with E-state index in [1.807, 2.05) is 19.9 Å². The summed E-state index contributed by atoms with van der Waals surface area (Å²) in [5, 5.41) is 5.90. The van der Waals surface area contributed by atoms with E-state index >= 15 is 0 Å². The van der Waals surface area contributed by atoms with Crippen molar-refractivity contribution in [2.45, 2.75) is 19.9 Å². The standard InChI is InChI=1S/C17H19N3O3/c1-11(2)19-16(21)15-10-12(8-9-18-15)20-14-7-5-4-6-13(14)17(22)23-3/h4-11H,1-3H3,(H,18,20)(H,19,21). The molecule has 0 bridgehead atoms. The molecule has 23 heavy (non-hydrogen) atoms. The van der Waals surface area contributed by atoms with Gasteiger partial charge in [0.05, 0.1) is 18.4 Å². The minimum absolute atomic E-state index is 0.0287. The minimum atomic E-state index is -0.431. The topological polar surface area (TPSA) is 80.3 Å². The number of anilines is 2. The van der Waals surface area contributed by atoms with Gasteiger partial charge in [0.2, 0.25) is 0 Å². The maximum Gasteiger partial charge on any atom is 0.339 e. The lowest BCUT2D eigenvalue weighted by atomic mass is 10.1. The third-order valence-electron chi connectivity index (χ3n) is 3.02. The summed E-state index contributed by atoms with van der Waals surface area (Å²) in [6.07, 6.45) is 1.54. The first-order valence-corrected chi connectivity index (χ1v) is 7.22. The third-order valence-corrected chi connectivity index (χ3v) is 3.02. The predicted molar refractivity (Wildman–Crippen MR) is 87.9 cm³/mol. The van der Waals surface area contributed by atoms with Gasteiger partial charge in [-0.1, -0.05) is 12.1 Å². The molecule has 0 aliphatic rings. The highest BCUT2D eigenvalue weighted by Crippen LogP contribution is 2.21. The van der Waals surface area contributed by atoms with Gasteiger partial charge < -0.3 is 15.4 Å². The summed E-state index contributed by atoms with van der Waals surface area (Å²) in [6.45, 7) is 3.76. The quantitative estimate of drug-likeness (QED) is 0.830. The molecule has 0 aliphatic heterocycles. The van der Waals surface area contributed by atoms with Crippen molar-refractivity contribution < 1.29 is 14.3 Å². The molecule has 0 atom stereocenters. The molecule has 1 heterocycles. The zero-order valence-electron chi connectivity index (χ0n) is 13.3. The first kappa shape index (κ1) is 16.5. The molecular formula is C17H19N3O3. The molecule has 6 nitrogen and oxygen atoms in total. The van der Waals surface area contributed by atoms with Gasteiger partial charge in [-0.05, 0) is 38.1 Å². The number of hydrogen-bond donors (Lipinski definition) is 2. The van der Waals surface area contributed by atoms with E-state index < -0.39 is 5.97 Å². The smallest absolute Gasteiger partial charge is 0.339 e. The number of benzene rings is 1. The zero-order chi connectivity index (χ0) is 16.8. The van der Waals surface area contributed by atoms with Crippen LogP contribution in [0.4, 0.5) is 11.4 Å². The Labute approximate surface area is 134 Å². The number of esters is 1. The fraction of sp³-hybridized carbons (Fsp3) is 0.235. The lowest BCUT2D eigenvalue weighted by Gasteiger charge is -2.12. The van der Waals surface area contributed by atoms with Crippen molar-refractivity contribution in [1.82, 2.24) is 10.3 Å². The summed E-state index contributed by atoms with van der Waals surface area (Å²) >= 11 is 0. The van der Waals surface area contributed by atoms with Crippen LogP contribution in [0.2, 0.25) is 0 Å². The lowest BCUT2D eigenvalue weighted by molar-refractivity contribution is 0.0601. The van der Waals surface area contributed by atoms with Crippen LogP contribution >= 0.6 is 0 Å². The van der Waals surface area contributed by atoms with E-state index in [1.54, 1.807) is 36.5 Å². The van der Waals surface area contributed by atoms with Crippen molar-refractivity contribution >= 4 is 23.3 Å². The molecule has 0 fully saturated rings. The molecule has 6 heteroatoms. The Morgan fingerprint density at radius 1 is 1.17 bits per heavy atom. The highest BCUT2D eigenvalue weighted by molar-refractivity contribution is 5.97. The predicted octanol–water partition coefficient (Wildman–Crippen LogP) is 2.75. The Balaban J connectivity index is 2.25. The molecule has 2 N–H and O–H groups in total. The molecule has 0 saturated heterocycles. The number of rotatable bonds is 5. The number of pyridine rings is 1. The number of nitrogens with one attached hydrogen (secondary N) is 2. The maximum atomic E-state index is 12.0. The zero-order valence-corrected chi connectivity index (χ0v) is 13.3. The third kappa shape index (κ3) is 4.29. The molecule has 2 rings (SSSR count). The molecule has 1 amide bonds. The summed E-state index contributed by atoms with van der Waals surface area (Å²) in [6, 6.07) is 10.4. The van der Waals surface area contributed by atoms with Gasteiger partial charge in [-0.25, -0.2) is 4.79 Å². The second kappa shape index (κ2) is 7.40. The molecule has 0 unspecified atom stereocenters. The molecule has 0 spiro atoms. The van der Waals surface area contributed by atoms with E-state index in [0.29, 0.717) is 22.6 Å². The van der Waals surface area contributed by atoms with Crippen LogP contribution in [-0.4, -0.2) is 30.0 Å². The average molecular weight is 313 g/mol.